The summed E-state index contributed by atoms with van der Waals surface area (Å²) in [6, 6.07) is 3.34. The number of hydrogen-bond acceptors (Lipinski definition) is 5. The Morgan fingerprint density at radius 3 is 2.59 bits per heavy atom. The Balaban J connectivity index is 1.81. The minimum atomic E-state index is -0.589. The molecule has 3 N–H and O–H groups in total. The number of aryl methyl sites for hydroxylation is 1. The van der Waals surface area contributed by atoms with Gasteiger partial charge in [-0.25, -0.2) is 9.37 Å². The van der Waals surface area contributed by atoms with Crippen LogP contribution in [0.5, 0.6) is 0 Å². The zero-order valence-corrected chi connectivity index (χ0v) is 20.2. The van der Waals surface area contributed by atoms with Gasteiger partial charge in [-0.2, -0.15) is 0 Å². The van der Waals surface area contributed by atoms with Crippen molar-refractivity contribution in [2.24, 2.45) is 17.6 Å². The van der Waals surface area contributed by atoms with Gasteiger partial charge in [0, 0.05) is 14.1 Å². The van der Waals surface area contributed by atoms with Crippen LogP contribution in [-0.4, -0.2) is 45.9 Å². The molecule has 2 aromatic heterocycles. The molecular weight excluding hydrogens is 437 g/mol. The minimum absolute atomic E-state index is 0.0469. The number of nitrogens with zero attached hydrogens (tertiary/aromatic N) is 3. The molecule has 0 aliphatic heterocycles. The molecule has 182 valence electrons. The molecule has 2 amide bonds. The van der Waals surface area contributed by atoms with Gasteiger partial charge in [0.1, 0.15) is 16.9 Å². The Hall–Kier alpha value is -3.23. The van der Waals surface area contributed by atoms with Gasteiger partial charge in [-0.3, -0.25) is 9.59 Å². The molecule has 34 heavy (non-hydrogen) atoms. The summed E-state index contributed by atoms with van der Waals surface area (Å²) < 4.78 is 21.1. The number of carbonyl (C=O) groups excluding carboxylic acids is 2. The molecule has 3 aromatic rings. The van der Waals surface area contributed by atoms with E-state index in [1.165, 1.54) is 4.90 Å². The van der Waals surface area contributed by atoms with E-state index in [0.717, 1.165) is 25.7 Å². The molecule has 0 radical (unpaired) electrons. The third-order valence-corrected chi connectivity index (χ3v) is 7.01. The summed E-state index contributed by atoms with van der Waals surface area (Å²) in [7, 11) is 3.28. The second kappa shape index (κ2) is 9.56. The normalized spacial score (nSPS) is 19.3. The third-order valence-electron chi connectivity index (χ3n) is 7.01. The molecule has 1 aromatic carbocycles. The zero-order valence-electron chi connectivity index (χ0n) is 20.2. The topological polar surface area (TPSA) is 118 Å². The fraction of sp³-hybridized carbons (Fsp3) is 0.520. The van der Waals surface area contributed by atoms with Crippen LogP contribution in [0.3, 0.4) is 0 Å². The average molecular weight is 470 g/mol. The van der Waals surface area contributed by atoms with E-state index in [0.29, 0.717) is 40.7 Å². The Morgan fingerprint density at radius 2 is 1.97 bits per heavy atom. The smallest absolute Gasteiger partial charge is 0.254 e. The molecule has 9 heteroatoms. The first-order chi connectivity index (χ1) is 16.2. The molecule has 1 fully saturated rings. The number of imidazole rings is 1. The number of halogens is 1. The van der Waals surface area contributed by atoms with Crippen LogP contribution in [0.15, 0.2) is 16.7 Å². The van der Waals surface area contributed by atoms with Gasteiger partial charge in [0.25, 0.3) is 5.91 Å². The number of nitrogens with two attached hydrogens (primary N) is 1. The number of aromatic amines is 1. The highest BCUT2D eigenvalue weighted by molar-refractivity contribution is 5.95. The maximum absolute atomic E-state index is 15.4. The van der Waals surface area contributed by atoms with E-state index in [1.807, 2.05) is 6.92 Å². The van der Waals surface area contributed by atoms with Crippen molar-refractivity contribution < 1.29 is 18.5 Å². The Bertz CT molecular complexity index is 1210. The second-order valence-corrected chi connectivity index (χ2v) is 9.61. The fourth-order valence-electron chi connectivity index (χ4n) is 4.94. The fourth-order valence-corrected chi connectivity index (χ4v) is 4.94. The van der Waals surface area contributed by atoms with Crippen molar-refractivity contribution in [3.8, 4) is 0 Å². The highest BCUT2D eigenvalue weighted by atomic mass is 19.1. The van der Waals surface area contributed by atoms with Gasteiger partial charge in [0.05, 0.1) is 23.5 Å². The SMILES string of the molecule is CCc1noc([C@H](c2nc3c(F)c(CC(=O)N(C)C)ccc3[nH]2)C2CCC(C)CC2)c1C(N)=O. The highest BCUT2D eigenvalue weighted by Crippen LogP contribution is 2.43. The number of hydrogen-bond donors (Lipinski definition) is 2. The van der Waals surface area contributed by atoms with E-state index >= 15 is 4.39 Å². The number of carbonyl (C=O) groups is 2. The summed E-state index contributed by atoms with van der Waals surface area (Å²) in [5.41, 5.74) is 7.53. The summed E-state index contributed by atoms with van der Waals surface area (Å²) in [6.07, 6.45) is 4.41. The molecule has 0 unspecified atom stereocenters. The molecule has 8 nitrogen and oxygen atoms in total. The van der Waals surface area contributed by atoms with Crippen molar-refractivity contribution in [2.45, 2.75) is 58.3 Å². The van der Waals surface area contributed by atoms with Crippen molar-refractivity contribution in [3.63, 3.8) is 0 Å². The van der Waals surface area contributed by atoms with Crippen LogP contribution in [0.25, 0.3) is 11.0 Å². The molecule has 1 aliphatic carbocycles. The van der Waals surface area contributed by atoms with Crippen molar-refractivity contribution >= 4 is 22.8 Å². The molecule has 0 spiro atoms. The zero-order chi connectivity index (χ0) is 24.6. The van der Waals surface area contributed by atoms with Gasteiger partial charge in [-0.15, -0.1) is 0 Å². The highest BCUT2D eigenvalue weighted by Gasteiger charge is 2.37. The second-order valence-electron chi connectivity index (χ2n) is 9.61. The first-order valence-corrected chi connectivity index (χ1v) is 11.9. The maximum Gasteiger partial charge on any atom is 0.254 e. The summed E-state index contributed by atoms with van der Waals surface area (Å²) in [4.78, 5) is 33.8. The Kier molecular flexibility index (Phi) is 6.72. The van der Waals surface area contributed by atoms with Gasteiger partial charge < -0.3 is 20.1 Å². The first kappa shape index (κ1) is 23.9. The number of fused-ring (bicyclic) bond motifs is 1. The molecule has 1 saturated carbocycles. The number of aromatic nitrogens is 3. The van der Waals surface area contributed by atoms with Gasteiger partial charge >= 0.3 is 0 Å². The lowest BCUT2D eigenvalue weighted by molar-refractivity contribution is -0.128. The number of primary amides is 1. The number of benzene rings is 1. The quantitative estimate of drug-likeness (QED) is 0.543. The van der Waals surface area contributed by atoms with Crippen LogP contribution in [0.1, 0.15) is 78.6 Å². The predicted molar refractivity (Wildman–Crippen MR) is 126 cm³/mol. The average Bonchev–Trinajstić information content (AvgIpc) is 3.42. The van der Waals surface area contributed by atoms with Crippen molar-refractivity contribution in [2.75, 3.05) is 14.1 Å². The summed E-state index contributed by atoms with van der Waals surface area (Å²) in [5, 5.41) is 4.11. The van der Waals surface area contributed by atoms with Crippen LogP contribution in [-0.2, 0) is 17.6 Å². The van der Waals surface area contributed by atoms with Crippen LogP contribution >= 0.6 is 0 Å². The first-order valence-electron chi connectivity index (χ1n) is 11.9. The standard InChI is InChI=1S/C25H32FN5O3/c1-5-16-20(24(27)33)23(34-30-16)19(14-8-6-13(2)7-9-14)25-28-17-11-10-15(12-18(32)31(3)4)21(26)22(17)29-25/h10-11,13-14,19H,5-9,12H2,1-4H3,(H2,27,33)(H,28,29)/t13?,14?,19-/m1/s1. The molecule has 0 bridgehead atoms. The molecule has 0 saturated heterocycles. The third kappa shape index (κ3) is 4.43. The lowest BCUT2D eigenvalue weighted by atomic mass is 9.74. The van der Waals surface area contributed by atoms with E-state index < -0.39 is 17.6 Å². The van der Waals surface area contributed by atoms with Crippen molar-refractivity contribution in [1.82, 2.24) is 20.0 Å². The molecular formula is C25H32FN5O3. The molecule has 2 heterocycles. The van der Waals surface area contributed by atoms with Crippen LogP contribution in [0.2, 0.25) is 0 Å². The van der Waals surface area contributed by atoms with Crippen molar-refractivity contribution in [1.29, 1.82) is 0 Å². The van der Waals surface area contributed by atoms with Crippen molar-refractivity contribution in [3.05, 3.63) is 46.4 Å². The molecule has 1 aliphatic rings. The maximum atomic E-state index is 15.4. The van der Waals surface area contributed by atoms with Gasteiger partial charge in [0.2, 0.25) is 5.91 Å². The predicted octanol–water partition coefficient (Wildman–Crippen LogP) is 3.94. The van der Waals surface area contributed by atoms with Crippen LogP contribution in [0.4, 0.5) is 4.39 Å². The Morgan fingerprint density at radius 1 is 1.26 bits per heavy atom. The number of H-pyrrole nitrogens is 1. The van der Waals surface area contributed by atoms with E-state index in [2.05, 4.69) is 22.0 Å². The van der Waals surface area contributed by atoms with E-state index in [4.69, 9.17) is 10.3 Å². The number of rotatable bonds is 7. The van der Waals surface area contributed by atoms with Gasteiger partial charge in [-0.1, -0.05) is 37.9 Å². The largest absolute Gasteiger partial charge is 0.365 e. The lowest BCUT2D eigenvalue weighted by Gasteiger charge is -2.30. The number of amides is 2. The van der Waals surface area contributed by atoms with E-state index in [1.54, 1.807) is 26.2 Å². The Labute approximate surface area is 198 Å². The van der Waals surface area contributed by atoms with E-state index in [9.17, 15) is 9.59 Å². The van der Waals surface area contributed by atoms with Gasteiger partial charge in [0.15, 0.2) is 11.6 Å². The monoisotopic (exact) mass is 469 g/mol. The van der Waals surface area contributed by atoms with E-state index in [-0.39, 0.29) is 29.3 Å². The minimum Gasteiger partial charge on any atom is -0.365 e. The van der Waals surface area contributed by atoms with Crippen LogP contribution in [0, 0.1) is 17.7 Å². The summed E-state index contributed by atoms with van der Waals surface area (Å²) in [5.74, 6) is -0.0207. The molecule has 4 rings (SSSR count). The molecule has 1 atom stereocenters. The van der Waals surface area contributed by atoms with Gasteiger partial charge in [-0.05, 0) is 42.7 Å². The lowest BCUT2D eigenvalue weighted by Crippen LogP contribution is -2.24. The van der Waals surface area contributed by atoms with Crippen LogP contribution < -0.4 is 5.73 Å². The number of likely N-dealkylation sites (N-methyl/N-ethyl adjacent to an activating group) is 1. The summed E-state index contributed by atoms with van der Waals surface area (Å²) in [6.45, 7) is 4.12. The summed E-state index contributed by atoms with van der Waals surface area (Å²) >= 11 is 0. The number of nitrogens with one attached hydrogen (secondary N) is 1.